The van der Waals surface area contributed by atoms with E-state index in [1.54, 1.807) is 21.8 Å². The van der Waals surface area contributed by atoms with E-state index < -0.39 is 0 Å². The van der Waals surface area contributed by atoms with Gasteiger partial charge in [0.1, 0.15) is 5.01 Å². The van der Waals surface area contributed by atoms with Crippen molar-refractivity contribution in [2.24, 2.45) is 0 Å². The van der Waals surface area contributed by atoms with Crippen molar-refractivity contribution in [3.63, 3.8) is 0 Å². The zero-order chi connectivity index (χ0) is 17.7. The maximum Gasteiger partial charge on any atom is 0.259 e. The van der Waals surface area contributed by atoms with Gasteiger partial charge in [0.05, 0.1) is 22.0 Å². The van der Waals surface area contributed by atoms with Crippen LogP contribution in [-0.2, 0) is 6.54 Å². The van der Waals surface area contributed by atoms with Gasteiger partial charge < -0.3 is 0 Å². The minimum atomic E-state index is 0.0134. The molecule has 4 aromatic rings. The van der Waals surface area contributed by atoms with Crippen LogP contribution < -0.4 is 5.56 Å². The highest BCUT2D eigenvalue weighted by atomic mass is 32.1. The number of thiazole rings is 2. The summed E-state index contributed by atoms with van der Waals surface area (Å²) < 4.78 is 2.92. The van der Waals surface area contributed by atoms with Crippen LogP contribution in [0, 0.1) is 6.92 Å². The van der Waals surface area contributed by atoms with Crippen LogP contribution in [0.15, 0.2) is 40.5 Å². The van der Waals surface area contributed by atoms with E-state index in [1.807, 2.05) is 18.4 Å². The van der Waals surface area contributed by atoms with Gasteiger partial charge in [0.2, 0.25) is 0 Å². The molecule has 5 rings (SSSR count). The van der Waals surface area contributed by atoms with E-state index in [1.165, 1.54) is 21.0 Å². The Bertz CT molecular complexity index is 1130. The van der Waals surface area contributed by atoms with Gasteiger partial charge in [-0.1, -0.05) is 12.1 Å². The molecule has 1 aliphatic rings. The Kier molecular flexibility index (Phi) is 3.88. The third-order valence-corrected chi connectivity index (χ3v) is 7.03. The van der Waals surface area contributed by atoms with Gasteiger partial charge >= 0.3 is 0 Å². The van der Waals surface area contributed by atoms with E-state index in [9.17, 15) is 4.79 Å². The predicted molar refractivity (Wildman–Crippen MR) is 106 cm³/mol. The smallest absolute Gasteiger partial charge is 0.259 e. The molecule has 5 nitrogen and oxygen atoms in total. The molecule has 1 fully saturated rings. The second-order valence-electron chi connectivity index (χ2n) is 6.73. The van der Waals surface area contributed by atoms with Crippen molar-refractivity contribution in [1.29, 1.82) is 0 Å². The van der Waals surface area contributed by atoms with Crippen LogP contribution in [0.5, 0.6) is 0 Å². The maximum absolute atomic E-state index is 12.4. The van der Waals surface area contributed by atoms with E-state index in [0.717, 1.165) is 41.3 Å². The van der Waals surface area contributed by atoms with E-state index in [-0.39, 0.29) is 5.56 Å². The Morgan fingerprint density at radius 1 is 1.27 bits per heavy atom. The topological polar surface area (TPSA) is 50.5 Å². The summed E-state index contributed by atoms with van der Waals surface area (Å²) in [6.45, 7) is 3.66. The number of fused-ring (bicyclic) bond motifs is 2. The first-order valence-electron chi connectivity index (χ1n) is 8.75. The zero-order valence-corrected chi connectivity index (χ0v) is 16.0. The lowest BCUT2D eigenvalue weighted by Gasteiger charge is -2.22. The average molecular weight is 383 g/mol. The summed E-state index contributed by atoms with van der Waals surface area (Å²) in [5.41, 5.74) is 2.89. The number of hydrogen-bond donors (Lipinski definition) is 0. The standard InChI is InChI=1S/C19H18N4OS2/c1-12-11-25-19-20-13(9-17(24)23(12)19)10-22-8-4-6-15(22)18-21-14-5-2-3-7-16(14)26-18/h2-3,5,7,9,11,15H,4,6,8,10H2,1H3. The van der Waals surface area contributed by atoms with E-state index in [4.69, 9.17) is 9.97 Å². The molecule has 1 aromatic carbocycles. The fourth-order valence-electron chi connectivity index (χ4n) is 3.72. The van der Waals surface area contributed by atoms with Crippen molar-refractivity contribution >= 4 is 37.9 Å². The SMILES string of the molecule is Cc1csc2nc(CN3CCCC3c3nc4ccccc4s3)cc(=O)n12. The fraction of sp³-hybridized carbons (Fsp3) is 0.316. The molecule has 0 spiro atoms. The Hall–Kier alpha value is -2.09. The van der Waals surface area contributed by atoms with Crippen LogP contribution in [0.25, 0.3) is 15.2 Å². The highest BCUT2D eigenvalue weighted by Gasteiger charge is 2.29. The van der Waals surface area contributed by atoms with Gasteiger partial charge in [-0.3, -0.25) is 14.1 Å². The Morgan fingerprint density at radius 2 is 2.15 bits per heavy atom. The molecule has 1 unspecified atom stereocenters. The third kappa shape index (κ3) is 2.67. The zero-order valence-electron chi connectivity index (χ0n) is 14.4. The molecule has 0 aliphatic carbocycles. The number of para-hydroxylation sites is 1. The molecule has 7 heteroatoms. The number of likely N-dealkylation sites (tertiary alicyclic amines) is 1. The van der Waals surface area contributed by atoms with E-state index >= 15 is 0 Å². The summed E-state index contributed by atoms with van der Waals surface area (Å²) in [6, 6.07) is 10.3. The summed E-state index contributed by atoms with van der Waals surface area (Å²) in [5, 5.41) is 3.15. The summed E-state index contributed by atoms with van der Waals surface area (Å²) in [4.78, 5) is 25.2. The van der Waals surface area contributed by atoms with Gasteiger partial charge in [0.15, 0.2) is 4.96 Å². The van der Waals surface area contributed by atoms with Crippen LogP contribution in [0.3, 0.4) is 0 Å². The molecular formula is C19H18N4OS2. The fourth-order valence-corrected chi connectivity index (χ4v) is 5.75. The lowest BCUT2D eigenvalue weighted by atomic mass is 10.2. The van der Waals surface area contributed by atoms with Crippen molar-refractivity contribution in [3.05, 3.63) is 62.5 Å². The molecule has 0 N–H and O–H groups in total. The molecule has 26 heavy (non-hydrogen) atoms. The van der Waals surface area contributed by atoms with Crippen molar-refractivity contribution in [2.45, 2.75) is 32.4 Å². The Morgan fingerprint density at radius 3 is 3.04 bits per heavy atom. The first-order valence-corrected chi connectivity index (χ1v) is 10.4. The normalized spacial score (nSPS) is 18.3. The number of nitrogens with zero attached hydrogens (tertiary/aromatic N) is 4. The maximum atomic E-state index is 12.4. The quantitative estimate of drug-likeness (QED) is 0.537. The number of aryl methyl sites for hydroxylation is 1. The molecule has 1 aliphatic heterocycles. The van der Waals surface area contributed by atoms with E-state index in [0.29, 0.717) is 12.6 Å². The molecule has 1 atom stereocenters. The van der Waals surface area contributed by atoms with Gasteiger partial charge in [0.25, 0.3) is 5.56 Å². The first-order chi connectivity index (χ1) is 12.7. The molecule has 132 valence electrons. The molecular weight excluding hydrogens is 364 g/mol. The van der Waals surface area contributed by atoms with Gasteiger partial charge in [-0.15, -0.1) is 22.7 Å². The third-order valence-electron chi connectivity index (χ3n) is 4.95. The Labute approximate surface area is 158 Å². The number of rotatable bonds is 3. The number of benzene rings is 1. The summed E-state index contributed by atoms with van der Waals surface area (Å²) in [6.07, 6.45) is 2.26. The molecule has 0 amide bonds. The van der Waals surface area contributed by atoms with Crippen LogP contribution in [0.1, 0.15) is 35.3 Å². The van der Waals surface area contributed by atoms with Crippen LogP contribution in [-0.4, -0.2) is 25.8 Å². The molecule has 0 radical (unpaired) electrons. The van der Waals surface area contributed by atoms with Gasteiger partial charge in [-0.2, -0.15) is 0 Å². The first kappa shape index (κ1) is 16.1. The second-order valence-corrected chi connectivity index (χ2v) is 8.63. The highest BCUT2D eigenvalue weighted by Crippen LogP contribution is 2.37. The largest absolute Gasteiger partial charge is 0.288 e. The highest BCUT2D eigenvalue weighted by molar-refractivity contribution is 7.18. The number of hydrogen-bond acceptors (Lipinski definition) is 6. The van der Waals surface area contributed by atoms with Crippen LogP contribution in [0.2, 0.25) is 0 Å². The lowest BCUT2D eigenvalue weighted by Crippen LogP contribution is -2.25. The van der Waals surface area contributed by atoms with E-state index in [2.05, 4.69) is 23.1 Å². The number of aromatic nitrogens is 3. The van der Waals surface area contributed by atoms with Gasteiger partial charge in [-0.25, -0.2) is 9.97 Å². The van der Waals surface area contributed by atoms with Crippen molar-refractivity contribution in [3.8, 4) is 0 Å². The minimum Gasteiger partial charge on any atom is -0.288 e. The molecule has 1 saturated heterocycles. The average Bonchev–Trinajstić information content (AvgIpc) is 3.33. The van der Waals surface area contributed by atoms with Crippen molar-refractivity contribution < 1.29 is 0 Å². The minimum absolute atomic E-state index is 0.0134. The van der Waals surface area contributed by atoms with Gasteiger partial charge in [-0.05, 0) is 38.4 Å². The Balaban J connectivity index is 1.46. The predicted octanol–water partition coefficient (Wildman–Crippen LogP) is 4.01. The molecule has 0 saturated carbocycles. The molecule has 4 heterocycles. The van der Waals surface area contributed by atoms with Crippen LogP contribution in [0.4, 0.5) is 0 Å². The van der Waals surface area contributed by atoms with Crippen molar-refractivity contribution in [2.75, 3.05) is 6.54 Å². The monoisotopic (exact) mass is 382 g/mol. The summed E-state index contributed by atoms with van der Waals surface area (Å²) in [7, 11) is 0. The summed E-state index contributed by atoms with van der Waals surface area (Å²) in [5.74, 6) is 0. The molecule has 3 aromatic heterocycles. The van der Waals surface area contributed by atoms with Gasteiger partial charge in [0, 0.05) is 23.7 Å². The second kappa shape index (κ2) is 6.26. The lowest BCUT2D eigenvalue weighted by molar-refractivity contribution is 0.245. The van der Waals surface area contributed by atoms with Crippen LogP contribution >= 0.6 is 22.7 Å². The summed E-state index contributed by atoms with van der Waals surface area (Å²) >= 11 is 3.30. The molecule has 0 bridgehead atoms. The van der Waals surface area contributed by atoms with Crippen molar-refractivity contribution in [1.82, 2.24) is 19.3 Å².